The van der Waals surface area contributed by atoms with E-state index in [1.165, 1.54) is 109 Å². The fraction of sp³-hybridized carbons (Fsp3) is 0.838. The Bertz CT molecular complexity index is 642. The third-order valence-corrected chi connectivity index (χ3v) is 7.72. The van der Waals surface area contributed by atoms with Crippen LogP contribution in [0.25, 0.3) is 0 Å². The summed E-state index contributed by atoms with van der Waals surface area (Å²) in [6.45, 7) is 4.07. The van der Waals surface area contributed by atoms with E-state index in [0.717, 1.165) is 44.9 Å². The lowest BCUT2D eigenvalue weighted by atomic mass is 10.1. The second-order valence-corrected chi connectivity index (χ2v) is 11.9. The molecule has 246 valence electrons. The Labute approximate surface area is 260 Å². The van der Waals surface area contributed by atoms with Gasteiger partial charge in [-0.2, -0.15) is 0 Å². The topological polar surface area (TPSA) is 72.8 Å². The number of aliphatic hydroxyl groups excluding tert-OH is 1. The number of aliphatic hydroxyl groups is 1. The van der Waals surface area contributed by atoms with Crippen LogP contribution in [0, 0.1) is 0 Å². The molecule has 0 spiro atoms. The highest BCUT2D eigenvalue weighted by Gasteiger charge is 2.16. The quantitative estimate of drug-likeness (QED) is 0.0478. The molecule has 0 fully saturated rings. The molecule has 0 saturated carbocycles. The smallest absolute Gasteiger partial charge is 0.306 e. The van der Waals surface area contributed by atoms with Crippen molar-refractivity contribution in [2.24, 2.45) is 0 Å². The summed E-state index contributed by atoms with van der Waals surface area (Å²) in [5.41, 5.74) is 0. The number of carbonyl (C=O) groups is 2. The Hall–Kier alpha value is -1.62. The van der Waals surface area contributed by atoms with Gasteiger partial charge in [-0.25, -0.2) is 0 Å². The van der Waals surface area contributed by atoms with Gasteiger partial charge in [0.1, 0.15) is 6.61 Å². The van der Waals surface area contributed by atoms with Gasteiger partial charge >= 0.3 is 11.9 Å². The monoisotopic (exact) mass is 593 g/mol. The van der Waals surface area contributed by atoms with E-state index in [0.29, 0.717) is 12.8 Å². The number of carbonyl (C=O) groups excluding carboxylic acids is 2. The lowest BCUT2D eigenvalue weighted by Gasteiger charge is -2.15. The molecule has 0 saturated heterocycles. The molecule has 0 radical (unpaired) electrons. The molecule has 0 aliphatic heterocycles. The minimum atomic E-state index is -0.772. The summed E-state index contributed by atoms with van der Waals surface area (Å²) in [4.78, 5) is 24.1. The van der Waals surface area contributed by atoms with Crippen LogP contribution in [0.5, 0.6) is 0 Å². The first-order chi connectivity index (χ1) is 20.6. The SMILES string of the molecule is CCCCC=CCCCCCCCC(=O)OC(CO)COC(=O)CCCCCCCCCC=CCCCCCCCC. The number of esters is 2. The van der Waals surface area contributed by atoms with Crippen LogP contribution in [0.15, 0.2) is 24.3 Å². The Kier molecular flexibility index (Phi) is 32.6. The fourth-order valence-corrected chi connectivity index (χ4v) is 4.94. The third-order valence-electron chi connectivity index (χ3n) is 7.72. The maximum atomic E-state index is 12.1. The van der Waals surface area contributed by atoms with Crippen molar-refractivity contribution in [1.82, 2.24) is 0 Å². The van der Waals surface area contributed by atoms with Gasteiger partial charge in [-0.1, -0.05) is 134 Å². The van der Waals surface area contributed by atoms with Crippen molar-refractivity contribution in [2.45, 2.75) is 187 Å². The zero-order valence-corrected chi connectivity index (χ0v) is 27.8. The van der Waals surface area contributed by atoms with E-state index < -0.39 is 6.10 Å². The zero-order chi connectivity index (χ0) is 30.8. The summed E-state index contributed by atoms with van der Waals surface area (Å²) in [6, 6.07) is 0. The summed E-state index contributed by atoms with van der Waals surface area (Å²) in [5, 5.41) is 9.50. The normalized spacial score (nSPS) is 12.4. The first-order valence-corrected chi connectivity index (χ1v) is 17.9. The second kappa shape index (κ2) is 33.9. The average molecular weight is 593 g/mol. The zero-order valence-electron chi connectivity index (χ0n) is 27.8. The predicted molar refractivity (Wildman–Crippen MR) is 178 cm³/mol. The molecule has 0 heterocycles. The maximum Gasteiger partial charge on any atom is 0.306 e. The first kappa shape index (κ1) is 40.4. The van der Waals surface area contributed by atoms with Gasteiger partial charge in [0.15, 0.2) is 6.10 Å². The van der Waals surface area contributed by atoms with Gasteiger partial charge in [-0.15, -0.1) is 0 Å². The Balaban J connectivity index is 3.56. The van der Waals surface area contributed by atoms with Crippen molar-refractivity contribution >= 4 is 11.9 Å². The molecule has 1 N–H and O–H groups in total. The Morgan fingerprint density at radius 3 is 1.36 bits per heavy atom. The number of ether oxygens (including phenoxy) is 2. The molecule has 0 aromatic carbocycles. The van der Waals surface area contributed by atoms with Gasteiger partial charge in [-0.05, 0) is 57.8 Å². The summed E-state index contributed by atoms with van der Waals surface area (Å²) < 4.78 is 10.5. The molecule has 5 heteroatoms. The molecule has 1 atom stereocenters. The second-order valence-electron chi connectivity index (χ2n) is 11.9. The summed E-state index contributed by atoms with van der Waals surface area (Å²) in [7, 11) is 0. The van der Waals surface area contributed by atoms with Gasteiger partial charge in [0.2, 0.25) is 0 Å². The van der Waals surface area contributed by atoms with Crippen LogP contribution >= 0.6 is 0 Å². The minimum absolute atomic E-state index is 0.0692. The first-order valence-electron chi connectivity index (χ1n) is 17.9. The van der Waals surface area contributed by atoms with E-state index in [9.17, 15) is 14.7 Å². The van der Waals surface area contributed by atoms with Crippen LogP contribution in [-0.2, 0) is 19.1 Å². The van der Waals surface area contributed by atoms with Crippen molar-refractivity contribution in [2.75, 3.05) is 13.2 Å². The van der Waals surface area contributed by atoms with Crippen LogP contribution in [0.2, 0.25) is 0 Å². The summed E-state index contributed by atoms with van der Waals surface area (Å²) >= 11 is 0. The van der Waals surface area contributed by atoms with Crippen LogP contribution in [0.3, 0.4) is 0 Å². The number of hydrogen-bond acceptors (Lipinski definition) is 5. The largest absolute Gasteiger partial charge is 0.462 e. The molecule has 0 aliphatic carbocycles. The average Bonchev–Trinajstić information content (AvgIpc) is 2.99. The van der Waals surface area contributed by atoms with Crippen molar-refractivity contribution < 1.29 is 24.2 Å². The van der Waals surface area contributed by atoms with Crippen molar-refractivity contribution in [1.29, 1.82) is 0 Å². The van der Waals surface area contributed by atoms with Gasteiger partial charge in [-0.3, -0.25) is 9.59 Å². The molecule has 0 amide bonds. The molecule has 0 bridgehead atoms. The predicted octanol–water partition coefficient (Wildman–Crippen LogP) is 10.7. The van der Waals surface area contributed by atoms with E-state index in [4.69, 9.17) is 9.47 Å². The highest BCUT2D eigenvalue weighted by molar-refractivity contribution is 5.70. The Morgan fingerprint density at radius 2 is 0.905 bits per heavy atom. The van der Waals surface area contributed by atoms with Crippen LogP contribution in [-0.4, -0.2) is 36.4 Å². The number of unbranched alkanes of at least 4 members (excludes halogenated alkanes) is 20. The van der Waals surface area contributed by atoms with Crippen LogP contribution in [0.1, 0.15) is 181 Å². The number of rotatable bonds is 32. The Morgan fingerprint density at radius 1 is 0.524 bits per heavy atom. The van der Waals surface area contributed by atoms with Crippen LogP contribution < -0.4 is 0 Å². The number of allylic oxidation sites excluding steroid dienone is 4. The molecule has 42 heavy (non-hydrogen) atoms. The fourth-order valence-electron chi connectivity index (χ4n) is 4.94. The van der Waals surface area contributed by atoms with E-state index in [1.54, 1.807) is 0 Å². The summed E-state index contributed by atoms with van der Waals surface area (Å²) in [5.74, 6) is -0.606. The molecule has 5 nitrogen and oxygen atoms in total. The van der Waals surface area contributed by atoms with E-state index in [-0.39, 0.29) is 25.2 Å². The molecule has 0 aromatic rings. The van der Waals surface area contributed by atoms with Crippen molar-refractivity contribution in [3.8, 4) is 0 Å². The lowest BCUT2D eigenvalue weighted by Crippen LogP contribution is -2.28. The maximum absolute atomic E-state index is 12.1. The third kappa shape index (κ3) is 31.3. The standard InChI is InChI=1S/C37H68O5/c1-3-5-7-9-11-13-15-16-17-18-19-20-22-23-25-27-29-31-36(39)41-34-35(33-38)42-37(40)32-30-28-26-24-21-14-12-10-8-6-4-2/h10,12,16-17,35,38H,3-9,11,13-15,18-34H2,1-2H3. The highest BCUT2D eigenvalue weighted by Crippen LogP contribution is 2.13. The highest BCUT2D eigenvalue weighted by atomic mass is 16.6. The van der Waals surface area contributed by atoms with Crippen molar-refractivity contribution in [3.63, 3.8) is 0 Å². The van der Waals surface area contributed by atoms with Gasteiger partial charge in [0.05, 0.1) is 6.61 Å². The van der Waals surface area contributed by atoms with Gasteiger partial charge in [0, 0.05) is 12.8 Å². The lowest BCUT2D eigenvalue weighted by molar-refractivity contribution is -0.161. The van der Waals surface area contributed by atoms with E-state index >= 15 is 0 Å². The summed E-state index contributed by atoms with van der Waals surface area (Å²) in [6.07, 6.45) is 38.0. The number of hydrogen-bond donors (Lipinski definition) is 1. The van der Waals surface area contributed by atoms with Crippen molar-refractivity contribution in [3.05, 3.63) is 24.3 Å². The molecular formula is C37H68O5. The van der Waals surface area contributed by atoms with Crippen LogP contribution in [0.4, 0.5) is 0 Å². The van der Waals surface area contributed by atoms with E-state index in [1.807, 2.05) is 0 Å². The van der Waals surface area contributed by atoms with Gasteiger partial charge in [0.25, 0.3) is 0 Å². The molecular weight excluding hydrogens is 524 g/mol. The molecule has 1 unspecified atom stereocenters. The van der Waals surface area contributed by atoms with E-state index in [2.05, 4.69) is 38.2 Å². The molecule has 0 aliphatic rings. The molecule has 0 aromatic heterocycles. The minimum Gasteiger partial charge on any atom is -0.462 e. The molecule has 0 rings (SSSR count). The van der Waals surface area contributed by atoms with Gasteiger partial charge < -0.3 is 14.6 Å².